The molecule has 1 aliphatic heterocycles. The Morgan fingerprint density at radius 2 is 1.79 bits per heavy atom. The number of likely N-dealkylation sites (tertiary alicyclic amines) is 1. The quantitative estimate of drug-likeness (QED) is 0.660. The number of ether oxygens (including phenoxy) is 1. The van der Waals surface area contributed by atoms with Gasteiger partial charge in [-0.15, -0.1) is 0 Å². The molecule has 1 atom stereocenters. The minimum absolute atomic E-state index is 0.0436. The first-order chi connectivity index (χ1) is 14.2. The zero-order valence-electron chi connectivity index (χ0n) is 17.1. The molecule has 1 heterocycles. The predicted octanol–water partition coefficient (Wildman–Crippen LogP) is 3.72. The molecule has 5 nitrogen and oxygen atoms in total. The molecule has 29 heavy (non-hydrogen) atoms. The summed E-state index contributed by atoms with van der Waals surface area (Å²) in [4.78, 5) is 27.0. The molecule has 1 fully saturated rings. The van der Waals surface area contributed by atoms with Gasteiger partial charge in [0, 0.05) is 19.5 Å². The van der Waals surface area contributed by atoms with Crippen LogP contribution < -0.4 is 10.1 Å². The Morgan fingerprint density at radius 1 is 1.03 bits per heavy atom. The van der Waals surface area contributed by atoms with Crippen molar-refractivity contribution in [2.45, 2.75) is 51.1 Å². The van der Waals surface area contributed by atoms with Gasteiger partial charge in [0.1, 0.15) is 11.8 Å². The summed E-state index contributed by atoms with van der Waals surface area (Å²) >= 11 is 0. The summed E-state index contributed by atoms with van der Waals surface area (Å²) in [5.41, 5.74) is 2.31. The van der Waals surface area contributed by atoms with Crippen LogP contribution in [0.25, 0.3) is 0 Å². The summed E-state index contributed by atoms with van der Waals surface area (Å²) in [6.45, 7) is 1.18. The van der Waals surface area contributed by atoms with E-state index < -0.39 is 0 Å². The first-order valence-electron chi connectivity index (χ1n) is 10.4. The summed E-state index contributed by atoms with van der Waals surface area (Å²) in [5, 5.41) is 2.98. The third kappa shape index (κ3) is 6.08. The largest absolute Gasteiger partial charge is 0.497 e. The van der Waals surface area contributed by atoms with Crippen LogP contribution in [-0.2, 0) is 22.6 Å². The summed E-state index contributed by atoms with van der Waals surface area (Å²) in [5.74, 6) is 0.907. The van der Waals surface area contributed by atoms with E-state index in [2.05, 4.69) is 17.4 Å². The fourth-order valence-electron chi connectivity index (χ4n) is 3.78. The van der Waals surface area contributed by atoms with Gasteiger partial charge in [-0.25, -0.2) is 0 Å². The molecule has 0 radical (unpaired) electrons. The number of carbonyl (C=O) groups is 2. The Labute approximate surface area is 173 Å². The van der Waals surface area contributed by atoms with Crippen LogP contribution >= 0.6 is 0 Å². The van der Waals surface area contributed by atoms with Crippen LogP contribution in [0.1, 0.15) is 43.2 Å². The van der Waals surface area contributed by atoms with Gasteiger partial charge >= 0.3 is 0 Å². The van der Waals surface area contributed by atoms with E-state index in [0.29, 0.717) is 19.5 Å². The molecule has 1 aliphatic rings. The molecular formula is C24H30N2O3. The zero-order valence-corrected chi connectivity index (χ0v) is 17.1. The molecule has 2 aromatic rings. The normalized spacial score (nSPS) is 15.9. The fraction of sp³-hybridized carbons (Fsp3) is 0.417. The molecule has 2 aromatic carbocycles. The average molecular weight is 395 g/mol. The number of unbranched alkanes of at least 4 members (excludes halogenated alkanes) is 1. The highest BCUT2D eigenvalue weighted by Gasteiger charge is 2.33. The zero-order chi connectivity index (χ0) is 20.5. The maximum absolute atomic E-state index is 12.7. The molecule has 1 N–H and O–H groups in total. The van der Waals surface area contributed by atoms with Crippen molar-refractivity contribution < 1.29 is 14.3 Å². The number of benzene rings is 2. The number of rotatable bonds is 9. The molecule has 0 saturated carbocycles. The minimum atomic E-state index is -0.326. The molecule has 0 aliphatic carbocycles. The van der Waals surface area contributed by atoms with Gasteiger partial charge in [0.2, 0.25) is 11.8 Å². The number of nitrogens with one attached hydrogen (secondary N) is 1. The van der Waals surface area contributed by atoms with Crippen molar-refractivity contribution in [3.8, 4) is 5.75 Å². The number of carbonyl (C=O) groups excluding carboxylic acids is 2. The van der Waals surface area contributed by atoms with Crippen LogP contribution in [-0.4, -0.2) is 36.4 Å². The molecule has 3 rings (SSSR count). The van der Waals surface area contributed by atoms with Gasteiger partial charge < -0.3 is 15.0 Å². The third-order valence-electron chi connectivity index (χ3n) is 5.45. The number of hydrogen-bond donors (Lipinski definition) is 1. The van der Waals surface area contributed by atoms with Crippen molar-refractivity contribution >= 4 is 11.8 Å². The number of methoxy groups -OCH3 is 1. The lowest BCUT2D eigenvalue weighted by molar-refractivity contribution is -0.138. The summed E-state index contributed by atoms with van der Waals surface area (Å²) < 4.78 is 5.17. The Hall–Kier alpha value is -2.82. The van der Waals surface area contributed by atoms with E-state index in [1.165, 1.54) is 5.56 Å². The van der Waals surface area contributed by atoms with E-state index in [0.717, 1.165) is 43.4 Å². The molecule has 0 aromatic heterocycles. The Morgan fingerprint density at radius 3 is 2.52 bits per heavy atom. The lowest BCUT2D eigenvalue weighted by atomic mass is 10.1. The van der Waals surface area contributed by atoms with Crippen LogP contribution in [0, 0.1) is 0 Å². The average Bonchev–Trinajstić information content (AvgIpc) is 3.26. The predicted molar refractivity (Wildman–Crippen MR) is 114 cm³/mol. The SMILES string of the molecule is COc1ccc(CCCCC(=O)N2CCC[C@@H]2C(=O)NCc2ccccc2)cc1. The highest BCUT2D eigenvalue weighted by atomic mass is 16.5. The first kappa shape index (κ1) is 20.9. The van der Waals surface area contributed by atoms with Crippen molar-refractivity contribution in [1.82, 2.24) is 10.2 Å². The monoisotopic (exact) mass is 394 g/mol. The molecule has 5 heteroatoms. The van der Waals surface area contributed by atoms with Crippen LogP contribution in [0.3, 0.4) is 0 Å². The lowest BCUT2D eigenvalue weighted by Gasteiger charge is -2.24. The van der Waals surface area contributed by atoms with E-state index in [1.807, 2.05) is 42.5 Å². The molecule has 0 spiro atoms. The number of amides is 2. The van der Waals surface area contributed by atoms with Crippen LogP contribution in [0.5, 0.6) is 5.75 Å². The van der Waals surface area contributed by atoms with Gasteiger partial charge in [0.05, 0.1) is 7.11 Å². The maximum atomic E-state index is 12.7. The van der Waals surface area contributed by atoms with Gasteiger partial charge in [-0.05, 0) is 55.4 Å². The second-order valence-electron chi connectivity index (χ2n) is 7.50. The van der Waals surface area contributed by atoms with Gasteiger partial charge in [0.25, 0.3) is 0 Å². The Balaban J connectivity index is 1.41. The maximum Gasteiger partial charge on any atom is 0.243 e. The van der Waals surface area contributed by atoms with Crippen molar-refractivity contribution in [2.75, 3.05) is 13.7 Å². The van der Waals surface area contributed by atoms with Crippen LogP contribution in [0.2, 0.25) is 0 Å². The van der Waals surface area contributed by atoms with Crippen molar-refractivity contribution in [3.63, 3.8) is 0 Å². The molecule has 0 unspecified atom stereocenters. The minimum Gasteiger partial charge on any atom is -0.497 e. The summed E-state index contributed by atoms with van der Waals surface area (Å²) in [7, 11) is 1.66. The van der Waals surface area contributed by atoms with Gasteiger partial charge in [-0.3, -0.25) is 9.59 Å². The lowest BCUT2D eigenvalue weighted by Crippen LogP contribution is -2.45. The molecule has 154 valence electrons. The van der Waals surface area contributed by atoms with E-state index in [4.69, 9.17) is 4.74 Å². The van der Waals surface area contributed by atoms with Crippen molar-refractivity contribution in [1.29, 1.82) is 0 Å². The molecular weight excluding hydrogens is 364 g/mol. The smallest absolute Gasteiger partial charge is 0.243 e. The molecule has 1 saturated heterocycles. The molecule has 0 bridgehead atoms. The van der Waals surface area contributed by atoms with E-state index >= 15 is 0 Å². The van der Waals surface area contributed by atoms with E-state index in [9.17, 15) is 9.59 Å². The Kier molecular flexibility index (Phi) is 7.68. The standard InChI is InChI=1S/C24H30N2O3/c1-29-21-15-13-19(14-16-21)8-5-6-12-23(27)26-17-7-11-22(26)24(28)25-18-20-9-3-2-4-10-20/h2-4,9-10,13-16,22H,5-8,11-12,17-18H2,1H3,(H,25,28)/t22-/m1/s1. The van der Waals surface area contributed by atoms with Gasteiger partial charge in [-0.2, -0.15) is 0 Å². The van der Waals surface area contributed by atoms with E-state index in [-0.39, 0.29) is 17.9 Å². The fourth-order valence-corrected chi connectivity index (χ4v) is 3.78. The van der Waals surface area contributed by atoms with Crippen molar-refractivity contribution in [3.05, 3.63) is 65.7 Å². The number of hydrogen-bond acceptors (Lipinski definition) is 3. The topological polar surface area (TPSA) is 58.6 Å². The second kappa shape index (κ2) is 10.6. The van der Waals surface area contributed by atoms with Gasteiger partial charge in [-0.1, -0.05) is 42.5 Å². The Bertz CT molecular complexity index is 790. The highest BCUT2D eigenvalue weighted by Crippen LogP contribution is 2.20. The third-order valence-corrected chi connectivity index (χ3v) is 5.45. The molecule has 2 amide bonds. The van der Waals surface area contributed by atoms with Crippen molar-refractivity contribution in [2.24, 2.45) is 0 Å². The summed E-state index contributed by atoms with van der Waals surface area (Å²) in [6, 6.07) is 17.6. The van der Waals surface area contributed by atoms with Gasteiger partial charge in [0.15, 0.2) is 0 Å². The van der Waals surface area contributed by atoms with Crippen LogP contribution in [0.4, 0.5) is 0 Å². The van der Waals surface area contributed by atoms with Crippen LogP contribution in [0.15, 0.2) is 54.6 Å². The summed E-state index contributed by atoms with van der Waals surface area (Å²) in [6.07, 6.45) is 4.87. The highest BCUT2D eigenvalue weighted by molar-refractivity contribution is 5.88. The number of nitrogens with zero attached hydrogens (tertiary/aromatic N) is 1. The first-order valence-corrected chi connectivity index (χ1v) is 10.4. The number of aryl methyl sites for hydroxylation is 1. The second-order valence-corrected chi connectivity index (χ2v) is 7.50. The van der Waals surface area contributed by atoms with E-state index in [1.54, 1.807) is 12.0 Å².